The van der Waals surface area contributed by atoms with Crippen molar-refractivity contribution >= 4 is 33.2 Å². The lowest BCUT2D eigenvalue weighted by Gasteiger charge is -2.22. The molecule has 0 unspecified atom stereocenters. The molecule has 0 saturated carbocycles. The first-order valence-electron chi connectivity index (χ1n) is 11.0. The van der Waals surface area contributed by atoms with Crippen molar-refractivity contribution in [2.24, 2.45) is 7.05 Å². The zero-order valence-electron chi connectivity index (χ0n) is 20.1. The maximum absolute atomic E-state index is 13.7. The number of pyridine rings is 1. The molecule has 0 atom stereocenters. The number of hydrogen-bond acceptors (Lipinski definition) is 7. The number of carbonyl (C=O) groups is 2. The third-order valence-electron chi connectivity index (χ3n) is 5.75. The van der Waals surface area contributed by atoms with Crippen molar-refractivity contribution in [3.63, 3.8) is 0 Å². The van der Waals surface area contributed by atoms with Crippen LogP contribution in [0.4, 0.5) is 0 Å². The molecule has 35 heavy (non-hydrogen) atoms. The van der Waals surface area contributed by atoms with Crippen molar-refractivity contribution in [2.45, 2.75) is 13.0 Å². The van der Waals surface area contributed by atoms with Crippen LogP contribution in [0.1, 0.15) is 21.8 Å². The van der Waals surface area contributed by atoms with Gasteiger partial charge in [-0.1, -0.05) is 0 Å². The summed E-state index contributed by atoms with van der Waals surface area (Å²) < 4.78 is 13.5. The van der Waals surface area contributed by atoms with Crippen LogP contribution in [-0.4, -0.2) is 59.3 Å². The first kappa shape index (κ1) is 24.2. The largest absolute Gasteiger partial charge is 0.497 e. The summed E-state index contributed by atoms with van der Waals surface area (Å²) in [6.07, 6.45) is 5.31. The van der Waals surface area contributed by atoms with Gasteiger partial charge >= 0.3 is 0 Å². The van der Waals surface area contributed by atoms with E-state index >= 15 is 0 Å². The van der Waals surface area contributed by atoms with E-state index < -0.39 is 0 Å². The highest BCUT2D eigenvalue weighted by Gasteiger charge is 2.22. The summed E-state index contributed by atoms with van der Waals surface area (Å²) >= 11 is 1.41. The molecular weight excluding hydrogens is 466 g/mol. The van der Waals surface area contributed by atoms with Gasteiger partial charge in [-0.2, -0.15) is 5.10 Å². The highest BCUT2D eigenvalue weighted by atomic mass is 32.1. The smallest absolute Gasteiger partial charge is 0.264 e. The van der Waals surface area contributed by atoms with Crippen molar-refractivity contribution in [1.29, 1.82) is 0 Å². The molecule has 0 spiro atoms. The van der Waals surface area contributed by atoms with Gasteiger partial charge < -0.3 is 19.7 Å². The highest BCUT2D eigenvalue weighted by molar-refractivity contribution is 7.21. The van der Waals surface area contributed by atoms with Crippen molar-refractivity contribution in [1.82, 2.24) is 25.0 Å². The van der Waals surface area contributed by atoms with E-state index in [-0.39, 0.29) is 24.8 Å². The monoisotopic (exact) mass is 493 g/mol. The molecule has 0 radical (unpaired) electrons. The molecule has 1 aromatic carbocycles. The highest BCUT2D eigenvalue weighted by Crippen LogP contribution is 2.39. The fourth-order valence-corrected chi connectivity index (χ4v) is 4.91. The molecule has 9 nitrogen and oxygen atoms in total. The van der Waals surface area contributed by atoms with E-state index in [9.17, 15) is 9.59 Å². The van der Waals surface area contributed by atoms with Crippen LogP contribution in [0, 0.1) is 0 Å². The summed E-state index contributed by atoms with van der Waals surface area (Å²) in [5, 5.41) is 7.71. The number of thiophene rings is 1. The summed E-state index contributed by atoms with van der Waals surface area (Å²) in [5.74, 6) is 1.05. The Kier molecular flexibility index (Phi) is 7.31. The van der Waals surface area contributed by atoms with Crippen LogP contribution in [0.5, 0.6) is 11.5 Å². The topological polar surface area (TPSA) is 98.6 Å². The number of aromatic nitrogens is 3. The number of amides is 2. The fraction of sp³-hybridized carbons (Fsp3) is 0.280. The standard InChI is InChI=1S/C25H27N5O4S/c1-26-23(31)6-8-30(15-18-5-7-28-29(18)2)25(32)22-11-16-9-19(33-3)12-21(24(16)35-22)17-10-20(34-4)14-27-13-17/h5,7,9-14H,6,8,15H2,1-4H3,(H,26,31). The average Bonchev–Trinajstić information content (AvgIpc) is 3.50. The van der Waals surface area contributed by atoms with Gasteiger partial charge in [-0.15, -0.1) is 11.3 Å². The lowest BCUT2D eigenvalue weighted by Crippen LogP contribution is -2.34. The van der Waals surface area contributed by atoms with E-state index in [0.29, 0.717) is 22.9 Å². The molecule has 0 aliphatic rings. The molecule has 1 N–H and O–H groups in total. The molecule has 4 aromatic rings. The zero-order valence-corrected chi connectivity index (χ0v) is 20.9. The Morgan fingerprint density at radius 1 is 1.11 bits per heavy atom. The number of nitrogens with one attached hydrogen (secondary N) is 1. The maximum atomic E-state index is 13.7. The molecule has 182 valence electrons. The Morgan fingerprint density at radius 3 is 2.60 bits per heavy atom. The van der Waals surface area contributed by atoms with Gasteiger partial charge in [-0.05, 0) is 35.7 Å². The van der Waals surface area contributed by atoms with Gasteiger partial charge in [0.1, 0.15) is 11.5 Å². The molecule has 4 rings (SSSR count). The van der Waals surface area contributed by atoms with E-state index in [1.54, 1.807) is 49.4 Å². The van der Waals surface area contributed by atoms with Crippen LogP contribution in [-0.2, 0) is 18.4 Å². The SMILES string of the molecule is CNC(=O)CCN(Cc1ccnn1C)C(=O)c1cc2cc(OC)cc(-c3cncc(OC)c3)c2s1. The van der Waals surface area contributed by atoms with Gasteiger partial charge in [0, 0.05) is 55.3 Å². The van der Waals surface area contributed by atoms with E-state index in [4.69, 9.17) is 9.47 Å². The van der Waals surface area contributed by atoms with Crippen LogP contribution >= 0.6 is 11.3 Å². The molecule has 3 heterocycles. The van der Waals surface area contributed by atoms with Crippen LogP contribution in [0.15, 0.2) is 48.9 Å². The number of carbonyl (C=O) groups excluding carboxylic acids is 2. The Labute approximate surface area is 207 Å². The van der Waals surface area contributed by atoms with Crippen LogP contribution < -0.4 is 14.8 Å². The van der Waals surface area contributed by atoms with Crippen molar-refractivity contribution in [2.75, 3.05) is 27.8 Å². The third-order valence-corrected chi connectivity index (χ3v) is 6.92. The summed E-state index contributed by atoms with van der Waals surface area (Å²) in [5.41, 5.74) is 2.64. The molecule has 10 heteroatoms. The van der Waals surface area contributed by atoms with Gasteiger partial charge in [-0.25, -0.2) is 0 Å². The van der Waals surface area contributed by atoms with E-state index in [2.05, 4.69) is 15.4 Å². The van der Waals surface area contributed by atoms with Gasteiger partial charge in [0.15, 0.2) is 0 Å². The van der Waals surface area contributed by atoms with Crippen LogP contribution in [0.25, 0.3) is 21.2 Å². The van der Waals surface area contributed by atoms with E-state index in [0.717, 1.165) is 26.9 Å². The Hall–Kier alpha value is -3.92. The lowest BCUT2D eigenvalue weighted by atomic mass is 10.0. The van der Waals surface area contributed by atoms with Gasteiger partial charge in [0.25, 0.3) is 5.91 Å². The number of ether oxygens (including phenoxy) is 2. The molecule has 0 bridgehead atoms. The summed E-state index contributed by atoms with van der Waals surface area (Å²) in [4.78, 5) is 32.1. The number of benzene rings is 1. The lowest BCUT2D eigenvalue weighted by molar-refractivity contribution is -0.120. The second kappa shape index (κ2) is 10.6. The number of aryl methyl sites for hydroxylation is 1. The second-order valence-corrected chi connectivity index (χ2v) is 8.97. The molecular formula is C25H27N5O4S. The molecule has 3 aromatic heterocycles. The maximum Gasteiger partial charge on any atom is 0.264 e. The summed E-state index contributed by atoms with van der Waals surface area (Å²) in [7, 11) is 6.63. The van der Waals surface area contributed by atoms with E-state index in [1.807, 2.05) is 37.4 Å². The van der Waals surface area contributed by atoms with Crippen molar-refractivity contribution in [3.8, 4) is 22.6 Å². The second-order valence-electron chi connectivity index (χ2n) is 7.91. The normalized spacial score (nSPS) is 10.9. The summed E-state index contributed by atoms with van der Waals surface area (Å²) in [6, 6.07) is 9.49. The quantitative estimate of drug-likeness (QED) is 0.383. The predicted molar refractivity (Wildman–Crippen MR) is 135 cm³/mol. The van der Waals surface area contributed by atoms with Gasteiger partial charge in [0.2, 0.25) is 5.91 Å². The molecule has 0 aliphatic heterocycles. The number of methoxy groups -OCH3 is 2. The number of nitrogens with zero attached hydrogens (tertiary/aromatic N) is 4. The Morgan fingerprint density at radius 2 is 1.91 bits per heavy atom. The predicted octanol–water partition coefficient (Wildman–Crippen LogP) is 3.49. The van der Waals surface area contributed by atoms with Crippen molar-refractivity contribution in [3.05, 3.63) is 59.5 Å². The van der Waals surface area contributed by atoms with Crippen LogP contribution in [0.2, 0.25) is 0 Å². The van der Waals surface area contributed by atoms with E-state index in [1.165, 1.54) is 11.3 Å². The Balaban J connectivity index is 1.74. The summed E-state index contributed by atoms with van der Waals surface area (Å²) in [6.45, 7) is 0.629. The molecule has 0 fully saturated rings. The van der Waals surface area contributed by atoms with Crippen molar-refractivity contribution < 1.29 is 19.1 Å². The van der Waals surface area contributed by atoms with Gasteiger partial charge in [0.05, 0.1) is 37.5 Å². The van der Waals surface area contributed by atoms with Gasteiger partial charge in [-0.3, -0.25) is 19.3 Å². The third kappa shape index (κ3) is 5.27. The minimum Gasteiger partial charge on any atom is -0.497 e. The van der Waals surface area contributed by atoms with Crippen LogP contribution in [0.3, 0.4) is 0 Å². The Bertz CT molecular complexity index is 1360. The first-order chi connectivity index (χ1) is 16.9. The fourth-order valence-electron chi connectivity index (χ4n) is 3.76. The first-order valence-corrected chi connectivity index (χ1v) is 11.8. The molecule has 0 saturated heterocycles. The minimum atomic E-state index is -0.148. The molecule has 0 aliphatic carbocycles. The molecule has 2 amide bonds. The minimum absolute atomic E-state index is 0.123. The zero-order chi connectivity index (χ0) is 24.9. The number of fused-ring (bicyclic) bond motifs is 1. The average molecular weight is 494 g/mol. The number of rotatable bonds is 9. The number of hydrogen-bond donors (Lipinski definition) is 1.